The predicted octanol–water partition coefficient (Wildman–Crippen LogP) is 1.84. The van der Waals surface area contributed by atoms with E-state index < -0.39 is 0 Å². The number of hydrogen-bond donors (Lipinski definition) is 0. The molecule has 2 atom stereocenters. The van der Waals surface area contributed by atoms with Crippen molar-refractivity contribution in [2.24, 2.45) is 11.8 Å². The maximum atomic E-state index is 12.5. The van der Waals surface area contributed by atoms with Gasteiger partial charge < -0.3 is 4.79 Å². The summed E-state index contributed by atoms with van der Waals surface area (Å²) in [7, 11) is 0. The Labute approximate surface area is 80.7 Å². The van der Waals surface area contributed by atoms with Gasteiger partial charge in [-0.3, -0.25) is 4.79 Å². The van der Waals surface area contributed by atoms with E-state index in [0.717, 1.165) is 6.29 Å². The van der Waals surface area contributed by atoms with E-state index in [0.29, 0.717) is 12.0 Å². The average molecular weight is 192 g/mol. The number of aldehydes is 1. The van der Waals surface area contributed by atoms with E-state index in [2.05, 4.69) is 0 Å². The summed E-state index contributed by atoms with van der Waals surface area (Å²) in [4.78, 5) is 22.0. The SMILES string of the molecule is O=C[C@@H]1C[C@H]1C(=O)c1ccc(F)cc1. The zero-order valence-corrected chi connectivity index (χ0v) is 7.44. The van der Waals surface area contributed by atoms with Crippen LogP contribution in [0.4, 0.5) is 4.39 Å². The average Bonchev–Trinajstić information content (AvgIpc) is 2.97. The van der Waals surface area contributed by atoms with Crippen LogP contribution in [-0.2, 0) is 4.79 Å². The lowest BCUT2D eigenvalue weighted by Crippen LogP contribution is -2.03. The molecule has 1 aliphatic carbocycles. The van der Waals surface area contributed by atoms with E-state index in [1.807, 2.05) is 0 Å². The molecule has 0 saturated heterocycles. The van der Waals surface area contributed by atoms with Crippen LogP contribution in [0.5, 0.6) is 0 Å². The summed E-state index contributed by atoms with van der Waals surface area (Å²) < 4.78 is 12.5. The molecule has 0 N–H and O–H groups in total. The third-order valence-corrected chi connectivity index (χ3v) is 2.48. The van der Waals surface area contributed by atoms with Crippen molar-refractivity contribution in [3.63, 3.8) is 0 Å². The molecule has 1 aromatic carbocycles. The largest absolute Gasteiger partial charge is 0.303 e. The zero-order chi connectivity index (χ0) is 10.1. The molecule has 1 saturated carbocycles. The molecule has 1 aromatic rings. The normalized spacial score (nSPS) is 24.4. The highest BCUT2D eigenvalue weighted by Gasteiger charge is 2.42. The summed E-state index contributed by atoms with van der Waals surface area (Å²) in [5, 5.41) is 0. The topological polar surface area (TPSA) is 34.1 Å². The first-order chi connectivity index (χ1) is 6.72. The first kappa shape index (κ1) is 9.06. The van der Waals surface area contributed by atoms with E-state index >= 15 is 0 Å². The van der Waals surface area contributed by atoms with Crippen molar-refractivity contribution >= 4 is 12.1 Å². The van der Waals surface area contributed by atoms with E-state index in [4.69, 9.17) is 0 Å². The van der Waals surface area contributed by atoms with Crippen LogP contribution < -0.4 is 0 Å². The Morgan fingerprint density at radius 2 is 2.00 bits per heavy atom. The van der Waals surface area contributed by atoms with Gasteiger partial charge in [-0.25, -0.2) is 4.39 Å². The summed E-state index contributed by atoms with van der Waals surface area (Å²) in [5.74, 6) is -0.697. The van der Waals surface area contributed by atoms with Gasteiger partial charge in [-0.2, -0.15) is 0 Å². The zero-order valence-electron chi connectivity index (χ0n) is 7.44. The highest BCUT2D eigenvalue weighted by atomic mass is 19.1. The summed E-state index contributed by atoms with van der Waals surface area (Å²) in [6.45, 7) is 0. The number of hydrogen-bond acceptors (Lipinski definition) is 2. The standard InChI is InChI=1S/C11H9FO2/c12-9-3-1-7(2-4-9)11(14)10-5-8(10)6-13/h1-4,6,8,10H,5H2/t8-,10+/m0/s1. The van der Waals surface area contributed by atoms with Gasteiger partial charge in [0.2, 0.25) is 0 Å². The molecule has 1 fully saturated rings. The maximum absolute atomic E-state index is 12.5. The number of benzene rings is 1. The lowest BCUT2D eigenvalue weighted by Gasteiger charge is -1.97. The van der Waals surface area contributed by atoms with Crippen molar-refractivity contribution in [2.75, 3.05) is 0 Å². The van der Waals surface area contributed by atoms with Gasteiger partial charge >= 0.3 is 0 Å². The fraction of sp³-hybridized carbons (Fsp3) is 0.273. The van der Waals surface area contributed by atoms with Gasteiger partial charge in [0.15, 0.2) is 5.78 Å². The Kier molecular flexibility index (Phi) is 2.15. The lowest BCUT2D eigenvalue weighted by atomic mass is 10.1. The first-order valence-corrected chi connectivity index (χ1v) is 4.47. The summed E-state index contributed by atoms with van der Waals surface area (Å²) >= 11 is 0. The van der Waals surface area contributed by atoms with E-state index in [-0.39, 0.29) is 23.4 Å². The minimum Gasteiger partial charge on any atom is -0.303 e. The molecule has 0 spiro atoms. The molecule has 72 valence electrons. The first-order valence-electron chi connectivity index (χ1n) is 4.47. The molecule has 0 unspecified atom stereocenters. The Morgan fingerprint density at radius 1 is 1.36 bits per heavy atom. The molecule has 0 heterocycles. The summed E-state index contributed by atoms with van der Waals surface area (Å²) in [5.41, 5.74) is 0.487. The lowest BCUT2D eigenvalue weighted by molar-refractivity contribution is -0.109. The van der Waals surface area contributed by atoms with Crippen molar-refractivity contribution in [2.45, 2.75) is 6.42 Å². The van der Waals surface area contributed by atoms with E-state index in [9.17, 15) is 14.0 Å². The molecule has 2 nitrogen and oxygen atoms in total. The Bertz CT molecular complexity index is 369. The fourth-order valence-electron chi connectivity index (χ4n) is 1.49. The molecule has 14 heavy (non-hydrogen) atoms. The van der Waals surface area contributed by atoms with E-state index in [1.54, 1.807) is 0 Å². The Balaban J connectivity index is 2.12. The van der Waals surface area contributed by atoms with Crippen LogP contribution in [0, 0.1) is 17.7 Å². The third-order valence-electron chi connectivity index (χ3n) is 2.48. The van der Waals surface area contributed by atoms with Crippen LogP contribution in [0.25, 0.3) is 0 Å². The van der Waals surface area contributed by atoms with Gasteiger partial charge in [0.1, 0.15) is 12.1 Å². The van der Waals surface area contributed by atoms with Gasteiger partial charge in [0, 0.05) is 17.4 Å². The molecule has 2 rings (SSSR count). The number of rotatable bonds is 3. The second-order valence-electron chi connectivity index (χ2n) is 3.51. The number of halogens is 1. The number of carbonyl (C=O) groups is 2. The number of carbonyl (C=O) groups excluding carboxylic acids is 2. The van der Waals surface area contributed by atoms with Crippen molar-refractivity contribution in [3.8, 4) is 0 Å². The maximum Gasteiger partial charge on any atom is 0.166 e. The van der Waals surface area contributed by atoms with Crippen LogP contribution in [0.3, 0.4) is 0 Å². The molecule has 0 radical (unpaired) electrons. The highest BCUT2D eigenvalue weighted by molar-refractivity contribution is 6.01. The van der Waals surface area contributed by atoms with Crippen molar-refractivity contribution < 1.29 is 14.0 Å². The molecule has 3 heteroatoms. The smallest absolute Gasteiger partial charge is 0.166 e. The van der Waals surface area contributed by atoms with Crippen LogP contribution in [0.1, 0.15) is 16.8 Å². The molecule has 0 aliphatic heterocycles. The van der Waals surface area contributed by atoms with Gasteiger partial charge in [0.05, 0.1) is 0 Å². The van der Waals surface area contributed by atoms with E-state index in [1.165, 1.54) is 24.3 Å². The van der Waals surface area contributed by atoms with Crippen LogP contribution in [-0.4, -0.2) is 12.1 Å². The third kappa shape index (κ3) is 1.58. The second kappa shape index (κ2) is 3.33. The molecular formula is C11H9FO2. The second-order valence-corrected chi connectivity index (χ2v) is 3.51. The number of ketones is 1. The monoisotopic (exact) mass is 192 g/mol. The number of Topliss-reactive ketones (excluding diaryl/α,β-unsaturated/α-hetero) is 1. The fourth-order valence-corrected chi connectivity index (χ4v) is 1.49. The highest BCUT2D eigenvalue weighted by Crippen LogP contribution is 2.39. The van der Waals surface area contributed by atoms with Crippen LogP contribution in [0.2, 0.25) is 0 Å². The quantitative estimate of drug-likeness (QED) is 0.541. The molecule has 0 amide bonds. The molecule has 0 bridgehead atoms. The Hall–Kier alpha value is -1.51. The van der Waals surface area contributed by atoms with Gasteiger partial charge in [0.25, 0.3) is 0 Å². The van der Waals surface area contributed by atoms with Crippen LogP contribution in [0.15, 0.2) is 24.3 Å². The van der Waals surface area contributed by atoms with Gasteiger partial charge in [-0.1, -0.05) is 0 Å². The van der Waals surface area contributed by atoms with Crippen LogP contribution >= 0.6 is 0 Å². The summed E-state index contributed by atoms with van der Waals surface area (Å²) in [6.07, 6.45) is 1.45. The molecular weight excluding hydrogens is 183 g/mol. The van der Waals surface area contributed by atoms with Crippen molar-refractivity contribution in [3.05, 3.63) is 35.6 Å². The van der Waals surface area contributed by atoms with Gasteiger partial charge in [-0.15, -0.1) is 0 Å². The van der Waals surface area contributed by atoms with Crippen molar-refractivity contribution in [1.29, 1.82) is 0 Å². The Morgan fingerprint density at radius 3 is 2.50 bits per heavy atom. The summed E-state index contributed by atoms with van der Waals surface area (Å²) in [6, 6.07) is 5.42. The van der Waals surface area contributed by atoms with Gasteiger partial charge in [-0.05, 0) is 30.7 Å². The molecule has 0 aromatic heterocycles. The minimum atomic E-state index is -0.357. The minimum absolute atomic E-state index is 0.0536. The van der Waals surface area contributed by atoms with Crippen molar-refractivity contribution in [1.82, 2.24) is 0 Å². The molecule has 1 aliphatic rings. The predicted molar refractivity (Wildman–Crippen MR) is 48.4 cm³/mol.